The molecule has 0 bridgehead atoms. The van der Waals surface area contributed by atoms with Crippen molar-refractivity contribution < 1.29 is 23.9 Å². The number of hydrogen-bond donors (Lipinski definition) is 4. The lowest BCUT2D eigenvalue weighted by atomic mass is 9.81. The number of methoxy groups -OCH3 is 1. The summed E-state index contributed by atoms with van der Waals surface area (Å²) in [5, 5.41) is 22.8. The molecule has 5 rings (SSSR count). The van der Waals surface area contributed by atoms with E-state index in [1.165, 1.54) is 0 Å². The Hall–Kier alpha value is -5.33. The molecule has 2 aromatic heterocycles. The number of H-pyrrole nitrogens is 1. The van der Waals surface area contributed by atoms with Crippen LogP contribution < -0.4 is 20.7 Å². The van der Waals surface area contributed by atoms with Gasteiger partial charge in [-0.25, -0.2) is 9.78 Å². The molecular formula is C36H44N8O5. The summed E-state index contributed by atoms with van der Waals surface area (Å²) < 4.78 is 10.6. The highest BCUT2D eigenvalue weighted by Crippen LogP contribution is 2.29. The quantitative estimate of drug-likeness (QED) is 0.167. The summed E-state index contributed by atoms with van der Waals surface area (Å²) in [6.45, 7) is 7.92. The molecule has 1 unspecified atom stereocenters. The highest BCUT2D eigenvalue weighted by atomic mass is 16.6. The van der Waals surface area contributed by atoms with Crippen LogP contribution >= 0.6 is 0 Å². The van der Waals surface area contributed by atoms with Crippen LogP contribution in [0.15, 0.2) is 60.7 Å². The number of amides is 3. The first kappa shape index (κ1) is 35.0. The number of pyridine rings is 1. The number of aromatic amines is 1. The van der Waals surface area contributed by atoms with Gasteiger partial charge in [-0.1, -0.05) is 24.3 Å². The van der Waals surface area contributed by atoms with Gasteiger partial charge in [0.2, 0.25) is 23.5 Å². The average molecular weight is 669 g/mol. The fourth-order valence-corrected chi connectivity index (χ4v) is 5.90. The Morgan fingerprint density at radius 2 is 1.63 bits per heavy atom. The molecule has 3 amide bonds. The minimum absolute atomic E-state index is 0.150. The van der Waals surface area contributed by atoms with Crippen molar-refractivity contribution in [1.29, 1.82) is 0 Å². The molecule has 1 aliphatic rings. The molecule has 2 aromatic carbocycles. The van der Waals surface area contributed by atoms with E-state index in [-0.39, 0.29) is 23.7 Å². The number of carbonyl (C=O) groups is 3. The minimum atomic E-state index is -0.814. The van der Waals surface area contributed by atoms with Crippen molar-refractivity contribution in [2.75, 3.05) is 19.0 Å². The summed E-state index contributed by atoms with van der Waals surface area (Å²) in [7, 11) is 1.59. The van der Waals surface area contributed by atoms with E-state index >= 15 is 0 Å². The van der Waals surface area contributed by atoms with Gasteiger partial charge in [-0.15, -0.1) is 10.2 Å². The standard InChI is InChI=1S/C36H44N8O5/c1-22-29(18-19-31(38-22)48-5)25-10-6-23(7-11-25)20-30(34(46)39-28-16-14-26(15-17-28)32-41-43-44-42-32)40-33(45)27-12-8-24(9-13-27)21-37-35(47)49-36(2,3)4/h6-7,10-11,14-19,24,27,30H,8-9,12-13,20-21H2,1-5H3,(H,37,47)(H,39,46)(H,40,45)(H,41,42,43,44). The van der Waals surface area contributed by atoms with E-state index in [1.54, 1.807) is 31.4 Å². The Bertz CT molecular complexity index is 1710. The second-order valence-electron chi connectivity index (χ2n) is 13.4. The summed E-state index contributed by atoms with van der Waals surface area (Å²) in [6, 6.07) is 18.0. The lowest BCUT2D eigenvalue weighted by Gasteiger charge is -2.29. The third-order valence-corrected chi connectivity index (χ3v) is 8.51. The fraction of sp³-hybridized carbons (Fsp3) is 0.417. The number of aryl methyl sites for hydroxylation is 1. The number of nitrogens with one attached hydrogen (secondary N) is 4. The lowest BCUT2D eigenvalue weighted by molar-refractivity contribution is -0.130. The molecule has 0 spiro atoms. The van der Waals surface area contributed by atoms with E-state index in [1.807, 2.05) is 64.1 Å². The Kier molecular flexibility index (Phi) is 11.2. The van der Waals surface area contributed by atoms with Crippen molar-refractivity contribution in [2.45, 2.75) is 71.4 Å². The van der Waals surface area contributed by atoms with Gasteiger partial charge < -0.3 is 25.4 Å². The fourth-order valence-electron chi connectivity index (χ4n) is 5.90. The number of hydrogen-bond acceptors (Lipinski definition) is 9. The SMILES string of the molecule is COc1ccc(-c2ccc(CC(NC(=O)C3CCC(CNC(=O)OC(C)(C)C)CC3)C(=O)Nc3ccc(-c4nn[nH]n4)cc3)cc2)c(C)n1. The Labute approximate surface area is 286 Å². The zero-order valence-corrected chi connectivity index (χ0v) is 28.6. The van der Waals surface area contributed by atoms with Gasteiger partial charge in [0.05, 0.1) is 7.11 Å². The lowest BCUT2D eigenvalue weighted by Crippen LogP contribution is -2.48. The summed E-state index contributed by atoms with van der Waals surface area (Å²) in [5.74, 6) is 0.558. The number of carbonyl (C=O) groups excluding carboxylic acids is 3. The summed E-state index contributed by atoms with van der Waals surface area (Å²) in [6.07, 6.45) is 2.78. The molecular weight excluding hydrogens is 624 g/mol. The predicted molar refractivity (Wildman–Crippen MR) is 185 cm³/mol. The van der Waals surface area contributed by atoms with E-state index < -0.39 is 17.7 Å². The van der Waals surface area contributed by atoms with Crippen LogP contribution in [-0.4, -0.2) is 68.8 Å². The van der Waals surface area contributed by atoms with Gasteiger partial charge in [0.1, 0.15) is 11.6 Å². The number of nitrogens with zero attached hydrogens (tertiary/aromatic N) is 4. The van der Waals surface area contributed by atoms with Gasteiger partial charge in [0.25, 0.3) is 0 Å². The normalized spacial score (nSPS) is 16.7. The summed E-state index contributed by atoms with van der Waals surface area (Å²) >= 11 is 0. The van der Waals surface area contributed by atoms with E-state index in [4.69, 9.17) is 9.47 Å². The van der Waals surface area contributed by atoms with E-state index in [2.05, 4.69) is 41.6 Å². The first-order chi connectivity index (χ1) is 23.5. The highest BCUT2D eigenvalue weighted by Gasteiger charge is 2.30. The van der Waals surface area contributed by atoms with Gasteiger partial charge in [0.15, 0.2) is 0 Å². The molecule has 1 fully saturated rings. The maximum absolute atomic E-state index is 13.7. The van der Waals surface area contributed by atoms with E-state index in [9.17, 15) is 14.4 Å². The van der Waals surface area contributed by atoms with Gasteiger partial charge in [0, 0.05) is 47.5 Å². The first-order valence-corrected chi connectivity index (χ1v) is 16.5. The van der Waals surface area contributed by atoms with Crippen LogP contribution in [0.5, 0.6) is 5.88 Å². The number of alkyl carbamates (subject to hydrolysis) is 1. The number of benzene rings is 2. The van der Waals surface area contributed by atoms with Crippen molar-refractivity contribution in [3.63, 3.8) is 0 Å². The molecule has 0 saturated heterocycles. The Balaban J connectivity index is 1.24. The van der Waals surface area contributed by atoms with Crippen LogP contribution in [0.4, 0.5) is 10.5 Å². The molecule has 2 heterocycles. The van der Waals surface area contributed by atoms with Crippen molar-refractivity contribution in [2.24, 2.45) is 11.8 Å². The van der Waals surface area contributed by atoms with E-state index in [0.29, 0.717) is 43.2 Å². The number of ether oxygens (including phenoxy) is 2. The van der Waals surface area contributed by atoms with Gasteiger partial charge in [-0.05, 0) is 106 Å². The van der Waals surface area contributed by atoms with Crippen LogP contribution in [0.3, 0.4) is 0 Å². The number of rotatable bonds is 11. The molecule has 49 heavy (non-hydrogen) atoms. The number of aromatic nitrogens is 5. The predicted octanol–water partition coefficient (Wildman–Crippen LogP) is 5.24. The molecule has 1 atom stereocenters. The van der Waals surface area contributed by atoms with Crippen LogP contribution in [-0.2, 0) is 20.7 Å². The maximum Gasteiger partial charge on any atom is 0.407 e. The van der Waals surface area contributed by atoms with Crippen LogP contribution in [0.25, 0.3) is 22.5 Å². The summed E-state index contributed by atoms with van der Waals surface area (Å²) in [5.41, 5.74) is 4.47. The second kappa shape index (κ2) is 15.7. The summed E-state index contributed by atoms with van der Waals surface area (Å²) in [4.78, 5) is 43.8. The van der Waals surface area contributed by atoms with Crippen LogP contribution in [0.2, 0.25) is 0 Å². The van der Waals surface area contributed by atoms with Crippen molar-refractivity contribution in [3.05, 3.63) is 71.9 Å². The van der Waals surface area contributed by atoms with Gasteiger partial charge >= 0.3 is 6.09 Å². The molecule has 4 aromatic rings. The molecule has 4 N–H and O–H groups in total. The zero-order chi connectivity index (χ0) is 35.0. The third kappa shape index (κ3) is 9.84. The van der Waals surface area contributed by atoms with Gasteiger partial charge in [-0.3, -0.25) is 9.59 Å². The molecule has 13 nitrogen and oxygen atoms in total. The van der Waals surface area contributed by atoms with Gasteiger partial charge in [-0.2, -0.15) is 5.21 Å². The number of tetrazole rings is 1. The first-order valence-electron chi connectivity index (χ1n) is 16.5. The number of anilines is 1. The van der Waals surface area contributed by atoms with E-state index in [0.717, 1.165) is 40.8 Å². The zero-order valence-electron chi connectivity index (χ0n) is 28.6. The monoisotopic (exact) mass is 668 g/mol. The van der Waals surface area contributed by atoms with Crippen molar-refractivity contribution in [3.8, 4) is 28.4 Å². The van der Waals surface area contributed by atoms with Crippen LogP contribution in [0.1, 0.15) is 57.7 Å². The van der Waals surface area contributed by atoms with Crippen LogP contribution in [0, 0.1) is 18.8 Å². The average Bonchev–Trinajstić information content (AvgIpc) is 3.62. The molecule has 1 aliphatic carbocycles. The molecule has 0 radical (unpaired) electrons. The topological polar surface area (TPSA) is 173 Å². The van der Waals surface area contributed by atoms with Crippen molar-refractivity contribution in [1.82, 2.24) is 36.2 Å². The molecule has 1 saturated carbocycles. The Morgan fingerprint density at radius 1 is 0.939 bits per heavy atom. The largest absolute Gasteiger partial charge is 0.481 e. The minimum Gasteiger partial charge on any atom is -0.481 e. The Morgan fingerprint density at radius 3 is 2.24 bits per heavy atom. The third-order valence-electron chi connectivity index (χ3n) is 8.51. The maximum atomic E-state index is 13.7. The smallest absolute Gasteiger partial charge is 0.407 e. The molecule has 258 valence electrons. The second-order valence-corrected chi connectivity index (χ2v) is 13.4. The molecule has 0 aliphatic heterocycles. The van der Waals surface area contributed by atoms with Crippen molar-refractivity contribution >= 4 is 23.6 Å². The molecule has 13 heteroatoms. The highest BCUT2D eigenvalue weighted by molar-refractivity contribution is 5.97.